The van der Waals surface area contributed by atoms with Crippen molar-refractivity contribution >= 4 is 182 Å². The Balaban J connectivity index is 0.000000113. The number of sulfone groups is 1. The predicted molar refractivity (Wildman–Crippen MR) is 462 cm³/mol. The maximum Gasteiger partial charge on any atom is 0.220 e. The Hall–Kier alpha value is -9.15. The highest BCUT2D eigenvalue weighted by molar-refractivity contribution is 7.90. The van der Waals surface area contributed by atoms with Gasteiger partial charge >= 0.3 is 0 Å². The highest BCUT2D eigenvalue weighted by atomic mass is 35.5. The first-order valence-corrected chi connectivity index (χ1v) is 45.5. The molecule has 608 valence electrons. The van der Waals surface area contributed by atoms with E-state index in [0.717, 1.165) is 198 Å². The van der Waals surface area contributed by atoms with E-state index < -0.39 is 35.4 Å². The first-order valence-electron chi connectivity index (χ1n) is 38.4. The molecule has 12 aromatic rings. The number of anilines is 8. The number of aromatic amines is 5. The number of hydrogen-bond acceptors (Lipinski definition) is 20. The molecule has 10 heterocycles. The second-order valence-electron chi connectivity index (χ2n) is 31.3. The van der Waals surface area contributed by atoms with Gasteiger partial charge in [0.15, 0.2) is 9.84 Å². The molecule has 1 amide bonds. The number of piperazine rings is 4. The zero-order chi connectivity index (χ0) is 80.8. The second kappa shape index (κ2) is 33.1. The minimum Gasteiger partial charge on any atom is -0.378 e. The summed E-state index contributed by atoms with van der Waals surface area (Å²) in [6, 6.07) is 36.7. The molecule has 2 spiro atoms. The number of carbonyl (C=O) groups is 1. The van der Waals surface area contributed by atoms with Crippen molar-refractivity contribution in [1.82, 2.24) is 64.5 Å². The van der Waals surface area contributed by atoms with E-state index >= 15 is 0 Å². The van der Waals surface area contributed by atoms with Gasteiger partial charge in [0, 0.05) is 204 Å². The van der Waals surface area contributed by atoms with Gasteiger partial charge in [0.25, 0.3) is 0 Å². The second-order valence-corrected chi connectivity index (χ2v) is 38.8. The zero-order valence-electron chi connectivity index (χ0n) is 64.9. The number of sulfonamides is 2. The summed E-state index contributed by atoms with van der Waals surface area (Å²) in [5, 5.41) is 46.6. The van der Waals surface area contributed by atoms with Gasteiger partial charge in [-0.15, -0.1) is 0 Å². The van der Waals surface area contributed by atoms with E-state index in [2.05, 4.69) is 133 Å². The van der Waals surface area contributed by atoms with Gasteiger partial charge in [0.2, 0.25) is 26.0 Å². The Kier molecular flexibility index (Phi) is 23.3. The zero-order valence-corrected chi connectivity index (χ0v) is 70.4. The minimum atomic E-state index is -3.23. The fraction of sp³-hybridized carbons (Fsp3) is 0.400. The maximum atomic E-state index is 12.2. The quantitative estimate of drug-likeness (QED) is 0.0701. The van der Waals surface area contributed by atoms with Crippen LogP contribution in [-0.2, 0) is 39.4 Å². The Morgan fingerprint density at radius 3 is 1.29 bits per heavy atom. The molecule has 2 saturated carbocycles. The molecule has 19 rings (SSSR count). The topological polar surface area (TPSA) is 313 Å². The van der Waals surface area contributed by atoms with Crippen LogP contribution in [0.2, 0.25) is 20.1 Å². The number of nitrogens with zero attached hydrogens (tertiary/aromatic N) is 14. The third-order valence-electron chi connectivity index (χ3n) is 23.1. The van der Waals surface area contributed by atoms with E-state index in [9.17, 15) is 30.0 Å². The molecule has 6 N–H and O–H groups in total. The summed E-state index contributed by atoms with van der Waals surface area (Å²) in [4.78, 5) is 28.3. The van der Waals surface area contributed by atoms with Crippen molar-refractivity contribution in [2.24, 2.45) is 0 Å². The minimum absolute atomic E-state index is 0.0163. The lowest BCUT2D eigenvalue weighted by Crippen LogP contribution is -2.66. The summed E-state index contributed by atoms with van der Waals surface area (Å²) in [6.07, 6.45) is 19.2. The standard InChI is InChI=1S/C18H27N5O3S.C17H17ClN4.C16H19ClN4O.C15H19ClN4O2S.C14H12ClN3O2S/c1-18(2)13-22(4-5-23(18)27(3,24)25)17-11-14(21-6-8-26-9-7-21)10-16-15(17)12-19-20-16;18-13-10-16-15(12-19-20-16)17(11-13)22-8-6-21(7-9-22)14-4-2-1-3-5-14;1-11(22)21-6-5-20(10-16(21)3-2-4-16)15-8-12(17)7-14-13(15)9-18-19-14;1-23(21,22)20-6-5-19(10-15(20)3-2-4-15)14-8-11(16)7-13-12(14)9-17-18-13;1-21(19,20)11-4-2-10(3-5-11)17-13-6-9(15)7-14-12(13)8-16-18-14/h10-12H,4-9,13H2,1-3H3,(H,19,20);1-5,10-12H,6-9H2,(H,19,20);7-9H,2-6,10H2,1H3,(H,18,19);7-9H,2-6,10H2,1H3,(H,17,18);2-8,17H,1H3,(H,16,18). The van der Waals surface area contributed by atoms with Crippen LogP contribution in [0.4, 0.5) is 45.5 Å². The summed E-state index contributed by atoms with van der Waals surface area (Å²) in [7, 11) is -9.60. The molecule has 7 aromatic carbocycles. The van der Waals surface area contributed by atoms with Crippen LogP contribution in [0.15, 0.2) is 151 Å². The van der Waals surface area contributed by atoms with E-state index in [1.54, 1.807) is 64.3 Å². The lowest BCUT2D eigenvalue weighted by molar-refractivity contribution is -0.140. The number of fused-ring (bicyclic) bond motifs is 5. The van der Waals surface area contributed by atoms with E-state index in [-0.39, 0.29) is 21.9 Å². The number of benzene rings is 7. The van der Waals surface area contributed by atoms with Crippen LogP contribution in [-0.4, -0.2) is 242 Å². The molecular weight excluding hydrogens is 1610 g/mol. The first kappa shape index (κ1) is 81.0. The number of H-pyrrole nitrogens is 5. The lowest BCUT2D eigenvalue weighted by atomic mass is 9.73. The third kappa shape index (κ3) is 17.6. The molecule has 0 unspecified atom stereocenters. The van der Waals surface area contributed by atoms with Gasteiger partial charge in [-0.2, -0.15) is 34.1 Å². The van der Waals surface area contributed by atoms with Crippen molar-refractivity contribution in [2.45, 2.75) is 80.8 Å². The Bertz CT molecular complexity index is 5870. The number of nitrogens with one attached hydrogen (secondary N) is 6. The van der Waals surface area contributed by atoms with Crippen LogP contribution < -0.4 is 34.7 Å². The number of carbonyl (C=O) groups excluding carboxylic acids is 1. The van der Waals surface area contributed by atoms with Gasteiger partial charge in [-0.05, 0) is 149 Å². The lowest BCUT2D eigenvalue weighted by Gasteiger charge is -2.56. The number of amides is 1. The van der Waals surface area contributed by atoms with Crippen molar-refractivity contribution in [3.63, 3.8) is 0 Å². The predicted octanol–water partition coefficient (Wildman–Crippen LogP) is 13.2. The average molecular weight is 1700 g/mol. The largest absolute Gasteiger partial charge is 0.378 e. The normalized spacial score (nSPS) is 18.5. The number of halogens is 4. The van der Waals surface area contributed by atoms with E-state index in [0.29, 0.717) is 54.3 Å². The van der Waals surface area contributed by atoms with E-state index in [1.807, 2.05) is 68.8 Å². The molecule has 28 nitrogen and oxygen atoms in total. The van der Waals surface area contributed by atoms with Crippen molar-refractivity contribution in [3.8, 4) is 0 Å². The average Bonchev–Trinajstić information content (AvgIpc) is 1.30. The molecule has 5 saturated heterocycles. The smallest absolute Gasteiger partial charge is 0.220 e. The summed E-state index contributed by atoms with van der Waals surface area (Å²) < 4.78 is 80.2. The molecular formula is C80H94Cl4N20O8S3. The molecule has 0 radical (unpaired) electrons. The molecule has 0 bridgehead atoms. The summed E-state index contributed by atoms with van der Waals surface area (Å²) in [5.74, 6) is 0.193. The molecule has 35 heteroatoms. The number of para-hydroxylation sites is 1. The Morgan fingerprint density at radius 2 is 0.826 bits per heavy atom. The van der Waals surface area contributed by atoms with Crippen LogP contribution in [0.3, 0.4) is 0 Å². The van der Waals surface area contributed by atoms with E-state index in [4.69, 9.17) is 51.1 Å². The van der Waals surface area contributed by atoms with Gasteiger partial charge in [-0.3, -0.25) is 30.3 Å². The van der Waals surface area contributed by atoms with Crippen molar-refractivity contribution in [1.29, 1.82) is 0 Å². The van der Waals surface area contributed by atoms with Crippen LogP contribution in [0.5, 0.6) is 0 Å². The van der Waals surface area contributed by atoms with Gasteiger partial charge in [0.05, 0.1) is 106 Å². The SMILES string of the molecule is CC(=O)N1CCN(c2cc(Cl)cc3[nH]ncc23)CC12CCC2.CC1(C)CN(c2cc(N3CCOCC3)cc3[nH]ncc23)CCN1S(C)(=O)=O.CS(=O)(=O)N1CCN(c2cc(Cl)cc3[nH]ncc23)CC12CCC2.CS(=O)(=O)c1ccc(Nc2cc(Cl)cc3[nH]ncc23)cc1.Clc1cc(N2CCN(c3ccccc3)CC2)c2cn[nH]c2c1. The third-order valence-corrected chi connectivity index (χ3v) is 27.9. The fourth-order valence-electron chi connectivity index (χ4n) is 17.3. The van der Waals surface area contributed by atoms with Gasteiger partial charge < -0.3 is 44.4 Å². The number of morpholine rings is 1. The summed E-state index contributed by atoms with van der Waals surface area (Å²) >= 11 is 24.8. The highest BCUT2D eigenvalue weighted by Gasteiger charge is 2.51. The highest BCUT2D eigenvalue weighted by Crippen LogP contribution is 2.46. The maximum absolute atomic E-state index is 12.2. The Labute approximate surface area is 688 Å². The van der Waals surface area contributed by atoms with Crippen LogP contribution in [0, 0.1) is 0 Å². The van der Waals surface area contributed by atoms with Crippen LogP contribution in [0.1, 0.15) is 59.3 Å². The van der Waals surface area contributed by atoms with Crippen LogP contribution in [0.25, 0.3) is 54.5 Å². The first-order chi connectivity index (χ1) is 55.0. The number of rotatable bonds is 11. The van der Waals surface area contributed by atoms with Crippen molar-refractivity contribution < 1.29 is 34.8 Å². The Morgan fingerprint density at radius 1 is 0.426 bits per heavy atom. The number of aromatic nitrogens is 10. The molecule has 2 aliphatic carbocycles. The molecule has 0 atom stereocenters. The van der Waals surface area contributed by atoms with E-state index in [1.165, 1.54) is 36.6 Å². The summed E-state index contributed by atoms with van der Waals surface area (Å²) in [6.45, 7) is 19.0. The molecule has 7 aliphatic rings. The molecule has 115 heavy (non-hydrogen) atoms. The fourth-order valence-corrected chi connectivity index (χ4v) is 21.5. The molecule has 5 aromatic heterocycles. The summed E-state index contributed by atoms with van der Waals surface area (Å²) in [5.41, 5.74) is 12.4. The molecule has 5 aliphatic heterocycles. The van der Waals surface area contributed by atoms with Crippen molar-refractivity contribution in [2.75, 3.05) is 165 Å². The van der Waals surface area contributed by atoms with Gasteiger partial charge in [0.1, 0.15) is 0 Å². The number of ether oxygens (including phenoxy) is 1. The van der Waals surface area contributed by atoms with Gasteiger partial charge in [-0.1, -0.05) is 64.6 Å². The monoisotopic (exact) mass is 1700 g/mol. The van der Waals surface area contributed by atoms with Gasteiger partial charge in [-0.25, -0.2) is 25.3 Å². The van der Waals surface area contributed by atoms with Crippen molar-refractivity contribution in [3.05, 3.63) is 166 Å². The number of hydrogen-bond donors (Lipinski definition) is 6. The molecule has 7 fully saturated rings. The van der Waals surface area contributed by atoms with Crippen LogP contribution >= 0.6 is 46.4 Å².